The number of aromatic nitrogens is 2. The first kappa shape index (κ1) is 34.2. The first-order chi connectivity index (χ1) is 21.1. The van der Waals surface area contributed by atoms with Crippen LogP contribution in [0.1, 0.15) is 91.4 Å². The summed E-state index contributed by atoms with van der Waals surface area (Å²) in [6.07, 6.45) is 16.9. The summed E-state index contributed by atoms with van der Waals surface area (Å²) >= 11 is 1.82. The number of nitrogens with one attached hydrogen (secondary N) is 1. The summed E-state index contributed by atoms with van der Waals surface area (Å²) in [5, 5.41) is 14.2. The number of aromatic hydroxyl groups is 1. The summed E-state index contributed by atoms with van der Waals surface area (Å²) in [4.78, 5) is 21.9. The molecule has 0 saturated heterocycles. The Hall–Kier alpha value is -3.32. The number of ether oxygens (including phenoxy) is 1. The van der Waals surface area contributed by atoms with E-state index >= 15 is 0 Å². The van der Waals surface area contributed by atoms with Crippen molar-refractivity contribution in [3.05, 3.63) is 67.0 Å². The number of hydrogen-bond donors (Lipinski definition) is 2. The van der Waals surface area contributed by atoms with Crippen molar-refractivity contribution in [2.45, 2.75) is 96.7 Å². The Morgan fingerprint density at radius 3 is 2.28 bits per heavy atom. The second-order valence-electron chi connectivity index (χ2n) is 10.8. The van der Waals surface area contributed by atoms with Crippen molar-refractivity contribution in [3.63, 3.8) is 0 Å². The number of phenols is 1. The van der Waals surface area contributed by atoms with Crippen molar-refractivity contribution in [1.29, 1.82) is 0 Å². The van der Waals surface area contributed by atoms with Gasteiger partial charge in [0.1, 0.15) is 11.5 Å². The normalized spacial score (nSPS) is 11.6. The minimum atomic E-state index is -0.0239. The Kier molecular flexibility index (Phi) is 15.7. The third-order valence-electron chi connectivity index (χ3n) is 7.31. The predicted molar refractivity (Wildman–Crippen MR) is 183 cm³/mol. The molecule has 0 radical (unpaired) electrons. The highest BCUT2D eigenvalue weighted by Gasteiger charge is 2.21. The van der Waals surface area contributed by atoms with Crippen molar-refractivity contribution in [1.82, 2.24) is 9.97 Å². The molecule has 43 heavy (non-hydrogen) atoms. The highest BCUT2D eigenvalue weighted by atomic mass is 32.2. The van der Waals surface area contributed by atoms with Gasteiger partial charge in [0.2, 0.25) is 5.91 Å². The fourth-order valence-corrected chi connectivity index (χ4v) is 6.16. The van der Waals surface area contributed by atoms with E-state index in [1.165, 1.54) is 57.8 Å². The molecule has 1 unspecified atom stereocenters. The van der Waals surface area contributed by atoms with Crippen LogP contribution in [-0.4, -0.2) is 38.6 Å². The average Bonchev–Trinajstić information content (AvgIpc) is 3.03. The van der Waals surface area contributed by atoms with Gasteiger partial charge in [0, 0.05) is 23.2 Å². The molecule has 2 aromatic heterocycles. The van der Waals surface area contributed by atoms with Gasteiger partial charge in [-0.15, -0.1) is 11.8 Å². The minimum absolute atomic E-state index is 0.0239. The van der Waals surface area contributed by atoms with E-state index < -0.39 is 0 Å². The first-order valence-corrected chi connectivity index (χ1v) is 17.1. The van der Waals surface area contributed by atoms with Crippen molar-refractivity contribution in [2.24, 2.45) is 0 Å². The van der Waals surface area contributed by atoms with E-state index in [0.29, 0.717) is 12.4 Å². The number of carbonyl (C=O) groups is 1. The van der Waals surface area contributed by atoms with Crippen LogP contribution in [0.15, 0.2) is 67.0 Å². The van der Waals surface area contributed by atoms with E-state index in [2.05, 4.69) is 29.1 Å². The molecule has 4 aromatic rings. The minimum Gasteiger partial charge on any atom is -0.508 e. The summed E-state index contributed by atoms with van der Waals surface area (Å²) < 4.78 is 5.84. The molecule has 0 saturated carbocycles. The molecule has 4 rings (SSSR count). The van der Waals surface area contributed by atoms with Gasteiger partial charge in [-0.2, -0.15) is 0 Å². The maximum Gasteiger partial charge on any atom is 0.237 e. The van der Waals surface area contributed by atoms with E-state index in [9.17, 15) is 4.79 Å². The Morgan fingerprint density at radius 1 is 0.837 bits per heavy atom. The van der Waals surface area contributed by atoms with Crippen LogP contribution in [0.2, 0.25) is 0 Å². The number of benzene rings is 2. The van der Waals surface area contributed by atoms with Crippen LogP contribution < -0.4 is 10.1 Å². The van der Waals surface area contributed by atoms with Crippen LogP contribution in [0, 0.1) is 0 Å². The SMILES string of the molecule is CCCCCCCCC(SCCCCCC)C(=O)Nc1c(OCC)ccc2ncccc12.Oc1ccc2ncccc2c1. The topological polar surface area (TPSA) is 84.3 Å². The molecule has 2 N–H and O–H groups in total. The van der Waals surface area contributed by atoms with E-state index in [1.807, 2.05) is 55.1 Å². The van der Waals surface area contributed by atoms with Gasteiger partial charge in [-0.3, -0.25) is 14.8 Å². The molecular formula is C36H49N3O3S. The average molecular weight is 604 g/mol. The van der Waals surface area contributed by atoms with Gasteiger partial charge in [-0.05, 0) is 74.0 Å². The third kappa shape index (κ3) is 11.7. The van der Waals surface area contributed by atoms with E-state index in [1.54, 1.807) is 30.6 Å². The van der Waals surface area contributed by atoms with E-state index in [4.69, 9.17) is 9.84 Å². The largest absolute Gasteiger partial charge is 0.508 e. The first-order valence-electron chi connectivity index (χ1n) is 16.0. The van der Waals surface area contributed by atoms with Gasteiger partial charge in [-0.1, -0.05) is 77.7 Å². The zero-order valence-electron chi connectivity index (χ0n) is 26.2. The molecule has 232 valence electrons. The van der Waals surface area contributed by atoms with Crippen molar-refractivity contribution < 1.29 is 14.6 Å². The number of pyridine rings is 2. The number of rotatable bonds is 17. The smallest absolute Gasteiger partial charge is 0.237 e. The summed E-state index contributed by atoms with van der Waals surface area (Å²) in [6, 6.07) is 16.7. The Morgan fingerprint density at radius 2 is 1.51 bits per heavy atom. The van der Waals surface area contributed by atoms with Crippen LogP contribution in [-0.2, 0) is 4.79 Å². The van der Waals surface area contributed by atoms with Gasteiger partial charge in [-0.25, -0.2) is 0 Å². The van der Waals surface area contributed by atoms with Crippen LogP contribution in [0.3, 0.4) is 0 Å². The number of unbranched alkanes of at least 4 members (excludes halogenated alkanes) is 8. The number of phenolic OH excluding ortho intramolecular Hbond substituents is 1. The standard InChI is InChI=1S/C27H42N2O2S.C9H7NO/c1-4-7-9-11-12-13-17-25(32-21-14-10-8-5-2)27(30)29-26-22-16-15-20-28-23(22)18-19-24(26)31-6-3;11-8-3-4-9-7(6-8)2-1-5-10-9/h15-16,18-20,25H,4-14,17,21H2,1-3H3,(H,29,30);1-6,11H. The molecule has 0 aliphatic heterocycles. The fraction of sp³-hybridized carbons (Fsp3) is 0.472. The lowest BCUT2D eigenvalue weighted by Crippen LogP contribution is -2.26. The second kappa shape index (κ2) is 19.8. The summed E-state index contributed by atoms with van der Waals surface area (Å²) in [5.74, 6) is 2.14. The molecule has 2 aromatic carbocycles. The van der Waals surface area contributed by atoms with Gasteiger partial charge in [0.15, 0.2) is 0 Å². The summed E-state index contributed by atoms with van der Waals surface area (Å²) in [6.45, 7) is 7.00. The van der Waals surface area contributed by atoms with Crippen LogP contribution in [0.5, 0.6) is 11.5 Å². The van der Waals surface area contributed by atoms with Gasteiger partial charge in [0.25, 0.3) is 0 Å². The zero-order valence-corrected chi connectivity index (χ0v) is 27.0. The van der Waals surface area contributed by atoms with Crippen molar-refractivity contribution in [2.75, 3.05) is 17.7 Å². The van der Waals surface area contributed by atoms with Crippen LogP contribution in [0.25, 0.3) is 21.8 Å². The Balaban J connectivity index is 0.000000380. The molecule has 0 fully saturated rings. The van der Waals surface area contributed by atoms with E-state index in [0.717, 1.165) is 46.1 Å². The molecule has 0 aliphatic rings. The lowest BCUT2D eigenvalue weighted by molar-refractivity contribution is -0.115. The highest BCUT2D eigenvalue weighted by molar-refractivity contribution is 8.00. The fourth-order valence-electron chi connectivity index (χ4n) is 4.96. The molecular weight excluding hydrogens is 554 g/mol. The highest BCUT2D eigenvalue weighted by Crippen LogP contribution is 2.34. The summed E-state index contributed by atoms with van der Waals surface area (Å²) in [7, 11) is 0. The van der Waals surface area contributed by atoms with Gasteiger partial charge < -0.3 is 15.2 Å². The number of hydrogen-bond acceptors (Lipinski definition) is 6. The molecule has 0 aliphatic carbocycles. The van der Waals surface area contributed by atoms with Gasteiger partial charge in [0.05, 0.1) is 28.6 Å². The maximum atomic E-state index is 13.4. The predicted octanol–water partition coefficient (Wildman–Crippen LogP) is 9.95. The maximum absolute atomic E-state index is 13.4. The second-order valence-corrected chi connectivity index (χ2v) is 12.1. The third-order valence-corrected chi connectivity index (χ3v) is 8.69. The van der Waals surface area contributed by atoms with Crippen molar-refractivity contribution in [3.8, 4) is 11.5 Å². The Bertz CT molecular complexity index is 1380. The quantitative estimate of drug-likeness (QED) is 0.117. The van der Waals surface area contributed by atoms with Crippen LogP contribution in [0.4, 0.5) is 5.69 Å². The Labute approximate surface area is 262 Å². The summed E-state index contributed by atoms with van der Waals surface area (Å²) in [5.41, 5.74) is 2.53. The molecule has 7 heteroatoms. The zero-order chi connectivity index (χ0) is 30.7. The molecule has 6 nitrogen and oxygen atoms in total. The lowest BCUT2D eigenvalue weighted by atomic mass is 10.1. The van der Waals surface area contributed by atoms with Crippen LogP contribution >= 0.6 is 11.8 Å². The molecule has 1 amide bonds. The van der Waals surface area contributed by atoms with Gasteiger partial charge >= 0.3 is 0 Å². The van der Waals surface area contributed by atoms with E-state index in [-0.39, 0.29) is 16.9 Å². The number of carbonyl (C=O) groups excluding carboxylic acids is 1. The number of anilines is 1. The number of nitrogens with zero attached hydrogens (tertiary/aromatic N) is 2. The molecule has 1 atom stereocenters. The van der Waals surface area contributed by atoms with Crippen molar-refractivity contribution >= 4 is 45.2 Å². The molecule has 2 heterocycles. The lowest BCUT2D eigenvalue weighted by Gasteiger charge is -2.19. The number of amides is 1. The molecule has 0 spiro atoms. The number of fused-ring (bicyclic) bond motifs is 2. The molecule has 0 bridgehead atoms. The number of thioether (sulfide) groups is 1. The monoisotopic (exact) mass is 603 g/mol.